The van der Waals surface area contributed by atoms with Crippen LogP contribution in [-0.2, 0) is 0 Å². The van der Waals surface area contributed by atoms with E-state index in [1.165, 1.54) is 45.3 Å². The van der Waals surface area contributed by atoms with Crippen molar-refractivity contribution in [2.75, 3.05) is 19.6 Å². The van der Waals surface area contributed by atoms with Gasteiger partial charge < -0.3 is 5.32 Å². The molecule has 2 rings (SSSR count). The smallest absolute Gasteiger partial charge is 0.0249 e. The number of hydrogen-bond donors (Lipinski definition) is 1. The Balaban J connectivity index is 1.86. The molecule has 2 aliphatic rings. The molecule has 1 saturated carbocycles. The van der Waals surface area contributed by atoms with Crippen LogP contribution in [0.3, 0.4) is 0 Å². The topological polar surface area (TPSA) is 15.3 Å². The number of hydrogen-bond acceptors (Lipinski definition) is 2. The number of rotatable bonds is 6. The van der Waals surface area contributed by atoms with E-state index in [2.05, 4.69) is 37.9 Å². The van der Waals surface area contributed by atoms with Gasteiger partial charge in [-0.15, -0.1) is 0 Å². The molecule has 2 nitrogen and oxygen atoms in total. The van der Waals surface area contributed by atoms with Gasteiger partial charge in [0, 0.05) is 25.2 Å². The Morgan fingerprint density at radius 3 is 2.39 bits per heavy atom. The summed E-state index contributed by atoms with van der Waals surface area (Å²) in [6.45, 7) is 13.2. The summed E-state index contributed by atoms with van der Waals surface area (Å²) in [5.41, 5.74) is 0. The molecule has 0 radical (unpaired) electrons. The van der Waals surface area contributed by atoms with Crippen molar-refractivity contribution in [3.05, 3.63) is 0 Å². The lowest BCUT2D eigenvalue weighted by Gasteiger charge is -2.41. The van der Waals surface area contributed by atoms with Gasteiger partial charge in [-0.1, -0.05) is 27.7 Å². The van der Waals surface area contributed by atoms with Crippen LogP contribution in [0.4, 0.5) is 0 Å². The molecule has 0 aromatic carbocycles. The lowest BCUT2D eigenvalue weighted by molar-refractivity contribution is 0.102. The minimum atomic E-state index is 0.729. The van der Waals surface area contributed by atoms with E-state index in [1.54, 1.807) is 0 Å². The highest BCUT2D eigenvalue weighted by Gasteiger charge is 2.38. The van der Waals surface area contributed by atoms with E-state index in [1.807, 2.05) is 0 Å². The van der Waals surface area contributed by atoms with Crippen molar-refractivity contribution in [1.82, 2.24) is 10.2 Å². The molecule has 0 bridgehead atoms. The van der Waals surface area contributed by atoms with Gasteiger partial charge >= 0.3 is 0 Å². The summed E-state index contributed by atoms with van der Waals surface area (Å²) < 4.78 is 0. The maximum Gasteiger partial charge on any atom is 0.0249 e. The highest BCUT2D eigenvalue weighted by molar-refractivity contribution is 4.95. The van der Waals surface area contributed by atoms with Gasteiger partial charge in [0.15, 0.2) is 0 Å². The van der Waals surface area contributed by atoms with Gasteiger partial charge in [0.25, 0.3) is 0 Å². The first-order valence-corrected chi connectivity index (χ1v) is 8.03. The zero-order chi connectivity index (χ0) is 13.1. The molecule has 1 saturated heterocycles. The van der Waals surface area contributed by atoms with E-state index in [9.17, 15) is 0 Å². The predicted molar refractivity (Wildman–Crippen MR) is 78.8 cm³/mol. The third-order valence-corrected chi connectivity index (χ3v) is 4.46. The molecule has 2 heteroatoms. The fourth-order valence-corrected chi connectivity index (χ4v) is 3.25. The Hall–Kier alpha value is -0.0800. The van der Waals surface area contributed by atoms with Crippen LogP contribution >= 0.6 is 0 Å². The van der Waals surface area contributed by atoms with Gasteiger partial charge in [0.2, 0.25) is 0 Å². The van der Waals surface area contributed by atoms with Crippen molar-refractivity contribution in [2.45, 2.75) is 65.5 Å². The highest BCUT2D eigenvalue weighted by Crippen LogP contribution is 2.36. The molecular formula is C16H32N2. The largest absolute Gasteiger partial charge is 0.311 e. The lowest BCUT2D eigenvalue weighted by Crippen LogP contribution is -2.57. The van der Waals surface area contributed by atoms with Gasteiger partial charge in [-0.05, 0) is 50.0 Å². The number of piperazine rings is 1. The van der Waals surface area contributed by atoms with Crippen molar-refractivity contribution in [3.63, 3.8) is 0 Å². The molecule has 1 aliphatic carbocycles. The molecule has 2 fully saturated rings. The summed E-state index contributed by atoms with van der Waals surface area (Å²) in [5, 5.41) is 3.80. The van der Waals surface area contributed by atoms with Gasteiger partial charge in [-0.2, -0.15) is 0 Å². The molecule has 1 heterocycles. The number of nitrogens with zero attached hydrogens (tertiary/aromatic N) is 1. The minimum Gasteiger partial charge on any atom is -0.311 e. The van der Waals surface area contributed by atoms with Crippen molar-refractivity contribution < 1.29 is 0 Å². The van der Waals surface area contributed by atoms with E-state index in [0.717, 1.165) is 29.8 Å². The van der Waals surface area contributed by atoms with Crippen LogP contribution in [-0.4, -0.2) is 36.6 Å². The Kier molecular flexibility index (Phi) is 5.08. The van der Waals surface area contributed by atoms with Gasteiger partial charge in [0.05, 0.1) is 0 Å². The molecule has 106 valence electrons. The lowest BCUT2D eigenvalue weighted by atomic mass is 9.97. The van der Waals surface area contributed by atoms with Crippen LogP contribution in [0.25, 0.3) is 0 Å². The van der Waals surface area contributed by atoms with Crippen molar-refractivity contribution in [2.24, 2.45) is 17.8 Å². The third-order valence-electron chi connectivity index (χ3n) is 4.46. The molecule has 0 amide bonds. The summed E-state index contributed by atoms with van der Waals surface area (Å²) in [4.78, 5) is 2.81. The first kappa shape index (κ1) is 14.3. The van der Waals surface area contributed by atoms with Crippen LogP contribution in [0.15, 0.2) is 0 Å². The molecule has 0 spiro atoms. The zero-order valence-electron chi connectivity index (χ0n) is 12.8. The molecule has 0 aromatic heterocycles. The normalized spacial score (nSPS) is 30.3. The van der Waals surface area contributed by atoms with E-state index in [-0.39, 0.29) is 0 Å². The van der Waals surface area contributed by atoms with E-state index in [4.69, 9.17) is 0 Å². The Labute approximate surface area is 114 Å². The second-order valence-electron chi connectivity index (χ2n) is 7.32. The van der Waals surface area contributed by atoms with E-state index < -0.39 is 0 Å². The fraction of sp³-hybridized carbons (Fsp3) is 1.00. The molecular weight excluding hydrogens is 220 g/mol. The summed E-state index contributed by atoms with van der Waals surface area (Å²) >= 11 is 0. The quantitative estimate of drug-likeness (QED) is 0.781. The monoisotopic (exact) mass is 252 g/mol. The highest BCUT2D eigenvalue weighted by atomic mass is 15.2. The molecule has 2 atom stereocenters. The van der Waals surface area contributed by atoms with Crippen LogP contribution in [0, 0.1) is 17.8 Å². The second-order valence-corrected chi connectivity index (χ2v) is 7.32. The van der Waals surface area contributed by atoms with E-state index in [0.29, 0.717) is 0 Å². The zero-order valence-corrected chi connectivity index (χ0v) is 12.8. The van der Waals surface area contributed by atoms with Crippen LogP contribution in [0.1, 0.15) is 53.4 Å². The summed E-state index contributed by atoms with van der Waals surface area (Å²) in [6.07, 6.45) is 5.63. The van der Waals surface area contributed by atoms with Crippen LogP contribution in [0.2, 0.25) is 0 Å². The molecule has 2 unspecified atom stereocenters. The standard InChI is InChI=1S/C16H32N2/c1-12(2)7-8-18-11-15(9-13(3)4)17-10-16(18)14-5-6-14/h12-17H,5-11H2,1-4H3. The Morgan fingerprint density at radius 1 is 1.11 bits per heavy atom. The SMILES string of the molecule is CC(C)CCN1CC(CC(C)C)NCC1C1CC1. The number of nitrogens with one attached hydrogen (secondary N) is 1. The predicted octanol–water partition coefficient (Wildman–Crippen LogP) is 3.13. The fourth-order valence-electron chi connectivity index (χ4n) is 3.25. The summed E-state index contributed by atoms with van der Waals surface area (Å²) in [5.74, 6) is 2.65. The summed E-state index contributed by atoms with van der Waals surface area (Å²) in [6, 6.07) is 1.57. The molecule has 1 aliphatic heterocycles. The van der Waals surface area contributed by atoms with Crippen molar-refractivity contribution in [1.29, 1.82) is 0 Å². The maximum absolute atomic E-state index is 3.80. The second kappa shape index (κ2) is 6.38. The molecule has 1 N–H and O–H groups in total. The van der Waals surface area contributed by atoms with Crippen molar-refractivity contribution in [3.8, 4) is 0 Å². The van der Waals surface area contributed by atoms with Crippen LogP contribution < -0.4 is 5.32 Å². The average molecular weight is 252 g/mol. The van der Waals surface area contributed by atoms with Gasteiger partial charge in [-0.3, -0.25) is 4.90 Å². The summed E-state index contributed by atoms with van der Waals surface area (Å²) in [7, 11) is 0. The molecule has 18 heavy (non-hydrogen) atoms. The van der Waals surface area contributed by atoms with Gasteiger partial charge in [0.1, 0.15) is 0 Å². The Morgan fingerprint density at radius 2 is 1.83 bits per heavy atom. The van der Waals surface area contributed by atoms with Crippen molar-refractivity contribution >= 4 is 0 Å². The third kappa shape index (κ3) is 4.24. The first-order chi connectivity index (χ1) is 8.56. The van der Waals surface area contributed by atoms with E-state index >= 15 is 0 Å². The molecule has 0 aromatic rings. The Bertz CT molecular complexity index is 245. The average Bonchev–Trinajstić information content (AvgIpc) is 3.09. The first-order valence-electron chi connectivity index (χ1n) is 8.03. The van der Waals surface area contributed by atoms with Crippen LogP contribution in [0.5, 0.6) is 0 Å². The maximum atomic E-state index is 3.80. The van der Waals surface area contributed by atoms with Gasteiger partial charge in [-0.25, -0.2) is 0 Å². The minimum absolute atomic E-state index is 0.729.